The Bertz CT molecular complexity index is 196. The molecule has 2 aliphatic rings. The summed E-state index contributed by atoms with van der Waals surface area (Å²) in [7, 11) is 0. The zero-order chi connectivity index (χ0) is 8.44. The highest BCUT2D eigenvalue weighted by molar-refractivity contribution is 5.08. The van der Waals surface area contributed by atoms with Gasteiger partial charge in [-0.3, -0.25) is 0 Å². The number of ether oxygens (including phenoxy) is 1. The van der Waals surface area contributed by atoms with E-state index in [1.807, 2.05) is 0 Å². The molecular weight excluding hydrogens is 150 g/mol. The first-order chi connectivity index (χ1) is 5.87. The highest BCUT2D eigenvalue weighted by Crippen LogP contribution is 2.49. The zero-order valence-electron chi connectivity index (χ0n) is 7.38. The van der Waals surface area contributed by atoms with Crippen LogP contribution in [0.4, 0.5) is 0 Å². The monoisotopic (exact) mass is 165 g/mol. The van der Waals surface area contributed by atoms with Crippen molar-refractivity contribution in [1.82, 2.24) is 0 Å². The minimum absolute atomic E-state index is 0.0143. The molecule has 0 N–H and O–H groups in total. The smallest absolute Gasteiger partial charge is 0.0693 e. The maximum absolute atomic E-state index is 9.08. The van der Waals surface area contributed by atoms with Crippen LogP contribution in [0.25, 0.3) is 0 Å². The van der Waals surface area contributed by atoms with Crippen molar-refractivity contribution in [2.24, 2.45) is 11.3 Å². The van der Waals surface area contributed by atoms with Gasteiger partial charge in [0.25, 0.3) is 0 Å². The lowest BCUT2D eigenvalue weighted by atomic mass is 9.61. The fourth-order valence-electron chi connectivity index (χ4n) is 2.35. The molecule has 66 valence electrons. The fraction of sp³-hybridized carbons (Fsp3) is 0.900. The highest BCUT2D eigenvalue weighted by Gasteiger charge is 2.44. The lowest BCUT2D eigenvalue weighted by Crippen LogP contribution is -2.40. The molecule has 2 nitrogen and oxygen atoms in total. The maximum atomic E-state index is 9.08. The molecule has 0 aromatic carbocycles. The molecule has 1 aliphatic carbocycles. The van der Waals surface area contributed by atoms with E-state index in [4.69, 9.17) is 10.00 Å². The number of rotatable bonds is 1. The normalized spacial score (nSPS) is 33.4. The standard InChI is InChI=1S/C10H15NO/c11-8-10(4-2-5-10)9-3-1-6-12-7-9/h9H,1-7H2. The summed E-state index contributed by atoms with van der Waals surface area (Å²) in [6, 6.07) is 2.50. The largest absolute Gasteiger partial charge is 0.381 e. The number of nitriles is 1. The van der Waals surface area contributed by atoms with Crippen molar-refractivity contribution in [3.05, 3.63) is 0 Å². The van der Waals surface area contributed by atoms with Crippen molar-refractivity contribution < 1.29 is 4.74 Å². The molecule has 1 saturated carbocycles. The quantitative estimate of drug-likeness (QED) is 0.596. The molecule has 1 aliphatic heterocycles. The summed E-state index contributed by atoms with van der Waals surface area (Å²) in [5.74, 6) is 0.532. The molecule has 1 atom stereocenters. The van der Waals surface area contributed by atoms with Gasteiger partial charge in [0.2, 0.25) is 0 Å². The minimum atomic E-state index is 0.0143. The summed E-state index contributed by atoms with van der Waals surface area (Å²) in [5.41, 5.74) is 0.0143. The molecule has 0 aromatic heterocycles. The molecule has 0 aromatic rings. The highest BCUT2D eigenvalue weighted by atomic mass is 16.5. The van der Waals surface area contributed by atoms with Crippen LogP contribution in [0.3, 0.4) is 0 Å². The molecule has 2 rings (SSSR count). The zero-order valence-corrected chi connectivity index (χ0v) is 7.38. The third-order valence-corrected chi connectivity index (χ3v) is 3.41. The first-order valence-electron chi connectivity index (χ1n) is 4.86. The van der Waals surface area contributed by atoms with Crippen LogP contribution in [0.2, 0.25) is 0 Å². The second kappa shape index (κ2) is 3.06. The summed E-state index contributed by atoms with van der Waals surface area (Å²) < 4.78 is 5.41. The van der Waals surface area contributed by atoms with Gasteiger partial charge in [-0.05, 0) is 25.7 Å². The van der Waals surface area contributed by atoms with Crippen LogP contribution < -0.4 is 0 Å². The predicted octanol–water partition coefficient (Wildman–Crippen LogP) is 2.11. The molecule has 1 heterocycles. The second-order valence-corrected chi connectivity index (χ2v) is 4.04. The van der Waals surface area contributed by atoms with Gasteiger partial charge in [0.05, 0.1) is 18.1 Å². The summed E-state index contributed by atoms with van der Waals surface area (Å²) in [6.45, 7) is 1.73. The Kier molecular flexibility index (Phi) is 2.06. The second-order valence-electron chi connectivity index (χ2n) is 4.04. The summed E-state index contributed by atoms with van der Waals surface area (Å²) in [5, 5.41) is 9.08. The Morgan fingerprint density at radius 2 is 2.17 bits per heavy atom. The van der Waals surface area contributed by atoms with Gasteiger partial charge >= 0.3 is 0 Å². The Morgan fingerprint density at radius 1 is 1.33 bits per heavy atom. The molecule has 0 amide bonds. The molecular formula is C10H15NO. The van der Waals surface area contributed by atoms with Crippen LogP contribution in [0.1, 0.15) is 32.1 Å². The number of nitrogens with zero attached hydrogens (tertiary/aromatic N) is 1. The SMILES string of the molecule is N#CC1(C2CCCOC2)CCC1. The van der Waals surface area contributed by atoms with E-state index in [0.717, 1.165) is 32.5 Å². The van der Waals surface area contributed by atoms with Gasteiger partial charge in [-0.15, -0.1) is 0 Å². The Balaban J connectivity index is 2.01. The Morgan fingerprint density at radius 3 is 2.58 bits per heavy atom. The number of hydrogen-bond acceptors (Lipinski definition) is 2. The van der Waals surface area contributed by atoms with Crippen molar-refractivity contribution in [3.8, 4) is 6.07 Å². The van der Waals surface area contributed by atoms with E-state index in [2.05, 4.69) is 6.07 Å². The van der Waals surface area contributed by atoms with Gasteiger partial charge < -0.3 is 4.74 Å². The lowest BCUT2D eigenvalue weighted by molar-refractivity contribution is -0.0180. The molecule has 12 heavy (non-hydrogen) atoms. The molecule has 0 spiro atoms. The lowest BCUT2D eigenvalue weighted by Gasteiger charge is -2.43. The first-order valence-corrected chi connectivity index (χ1v) is 4.86. The van der Waals surface area contributed by atoms with Gasteiger partial charge in [0.1, 0.15) is 0 Å². The van der Waals surface area contributed by atoms with Crippen molar-refractivity contribution in [2.75, 3.05) is 13.2 Å². The van der Waals surface area contributed by atoms with E-state index in [1.54, 1.807) is 0 Å². The van der Waals surface area contributed by atoms with Gasteiger partial charge in [-0.25, -0.2) is 0 Å². The molecule has 1 saturated heterocycles. The molecule has 0 bridgehead atoms. The van der Waals surface area contributed by atoms with Crippen LogP contribution in [0, 0.1) is 22.7 Å². The summed E-state index contributed by atoms with van der Waals surface area (Å²) >= 11 is 0. The molecule has 1 unspecified atom stereocenters. The van der Waals surface area contributed by atoms with E-state index in [-0.39, 0.29) is 5.41 Å². The summed E-state index contributed by atoms with van der Waals surface area (Å²) in [6.07, 6.45) is 5.81. The van der Waals surface area contributed by atoms with E-state index in [9.17, 15) is 0 Å². The average Bonchev–Trinajstić information content (AvgIpc) is 2.05. The topological polar surface area (TPSA) is 33.0 Å². The van der Waals surface area contributed by atoms with Crippen LogP contribution in [0.5, 0.6) is 0 Å². The minimum Gasteiger partial charge on any atom is -0.381 e. The number of hydrogen-bond donors (Lipinski definition) is 0. The summed E-state index contributed by atoms with van der Waals surface area (Å²) in [4.78, 5) is 0. The van der Waals surface area contributed by atoms with Crippen molar-refractivity contribution in [1.29, 1.82) is 5.26 Å². The predicted molar refractivity (Wildman–Crippen MR) is 45.4 cm³/mol. The van der Waals surface area contributed by atoms with Crippen LogP contribution >= 0.6 is 0 Å². The molecule has 2 heteroatoms. The Labute approximate surface area is 73.5 Å². The van der Waals surface area contributed by atoms with Crippen LogP contribution in [0.15, 0.2) is 0 Å². The van der Waals surface area contributed by atoms with E-state index >= 15 is 0 Å². The Hall–Kier alpha value is -0.550. The maximum Gasteiger partial charge on any atom is 0.0693 e. The van der Waals surface area contributed by atoms with E-state index < -0.39 is 0 Å². The van der Waals surface area contributed by atoms with Gasteiger partial charge in [0.15, 0.2) is 0 Å². The fourth-order valence-corrected chi connectivity index (χ4v) is 2.35. The molecule has 0 radical (unpaired) electrons. The molecule has 2 fully saturated rings. The third kappa shape index (κ3) is 1.13. The van der Waals surface area contributed by atoms with Crippen molar-refractivity contribution >= 4 is 0 Å². The first kappa shape index (κ1) is 8.07. The van der Waals surface area contributed by atoms with Gasteiger partial charge in [-0.1, -0.05) is 6.42 Å². The van der Waals surface area contributed by atoms with Gasteiger partial charge in [-0.2, -0.15) is 5.26 Å². The van der Waals surface area contributed by atoms with Crippen LogP contribution in [-0.2, 0) is 4.74 Å². The van der Waals surface area contributed by atoms with Crippen molar-refractivity contribution in [2.45, 2.75) is 32.1 Å². The third-order valence-electron chi connectivity index (χ3n) is 3.41. The average molecular weight is 165 g/mol. The van der Waals surface area contributed by atoms with Crippen molar-refractivity contribution in [3.63, 3.8) is 0 Å². The van der Waals surface area contributed by atoms with Gasteiger partial charge in [0, 0.05) is 12.5 Å². The van der Waals surface area contributed by atoms with E-state index in [1.165, 1.54) is 12.8 Å². The van der Waals surface area contributed by atoms with E-state index in [0.29, 0.717) is 5.92 Å². The van der Waals surface area contributed by atoms with Crippen LogP contribution in [-0.4, -0.2) is 13.2 Å².